The van der Waals surface area contributed by atoms with Gasteiger partial charge in [0.25, 0.3) is 5.91 Å². The van der Waals surface area contributed by atoms with Crippen molar-refractivity contribution in [1.29, 1.82) is 0 Å². The zero-order valence-electron chi connectivity index (χ0n) is 17.7. The number of ether oxygens (including phenoxy) is 1. The monoisotopic (exact) mass is 466 g/mol. The number of piperidine rings is 2. The second kappa shape index (κ2) is 12.9. The Hall–Kier alpha value is -1.86. The van der Waals surface area contributed by atoms with Crippen LogP contribution in [0.2, 0.25) is 0 Å². The normalized spacial score (nSPS) is 17.8. The van der Waals surface area contributed by atoms with Crippen LogP contribution in [0.4, 0.5) is 0 Å². The van der Waals surface area contributed by atoms with Gasteiger partial charge in [-0.05, 0) is 75.2 Å². The summed E-state index contributed by atoms with van der Waals surface area (Å²) in [5.41, 5.74) is 1.81. The molecule has 0 atom stereocenters. The van der Waals surface area contributed by atoms with E-state index >= 15 is 0 Å². The highest BCUT2D eigenvalue weighted by Crippen LogP contribution is 2.20. The predicted molar refractivity (Wildman–Crippen MR) is 127 cm³/mol. The number of carbonyl (C=O) groups is 1. The molecule has 8 heteroatoms. The Morgan fingerprint density at radius 3 is 2.39 bits per heavy atom. The molecule has 1 amide bonds. The number of benzene rings is 1. The second-order valence-corrected chi connectivity index (χ2v) is 7.94. The van der Waals surface area contributed by atoms with Crippen LogP contribution < -0.4 is 15.4 Å². The molecule has 2 N–H and O–H groups in total. The van der Waals surface area contributed by atoms with Crippen molar-refractivity contribution in [2.45, 2.75) is 44.4 Å². The zero-order valence-corrected chi connectivity index (χ0v) is 19.3. The Labute approximate surface area is 197 Å². The number of carbonyl (C=O) groups excluding carboxylic acids is 1. The Balaban J connectivity index is 0.00000171. The summed E-state index contributed by atoms with van der Waals surface area (Å²) >= 11 is 0. The van der Waals surface area contributed by atoms with Gasteiger partial charge in [-0.1, -0.05) is 6.07 Å². The minimum atomic E-state index is 0. The fourth-order valence-electron chi connectivity index (χ4n) is 4.02. The molecule has 3 heterocycles. The second-order valence-electron chi connectivity index (χ2n) is 7.94. The first-order valence-electron chi connectivity index (χ1n) is 10.7. The molecule has 31 heavy (non-hydrogen) atoms. The van der Waals surface area contributed by atoms with Crippen molar-refractivity contribution in [3.05, 3.63) is 59.9 Å². The number of aromatic nitrogens is 1. The average molecular weight is 467 g/mol. The van der Waals surface area contributed by atoms with Gasteiger partial charge in [0.15, 0.2) is 0 Å². The van der Waals surface area contributed by atoms with Gasteiger partial charge < -0.3 is 15.4 Å². The van der Waals surface area contributed by atoms with Crippen LogP contribution in [0.15, 0.2) is 48.7 Å². The lowest BCUT2D eigenvalue weighted by atomic mass is 10.1. The molecule has 0 spiro atoms. The molecule has 2 fully saturated rings. The molecule has 1 aromatic carbocycles. The van der Waals surface area contributed by atoms with Crippen LogP contribution in [-0.4, -0.2) is 54.1 Å². The summed E-state index contributed by atoms with van der Waals surface area (Å²) in [6.45, 7) is 4.86. The van der Waals surface area contributed by atoms with Crippen molar-refractivity contribution >= 4 is 30.7 Å². The summed E-state index contributed by atoms with van der Waals surface area (Å²) in [6, 6.07) is 13.9. The highest BCUT2D eigenvalue weighted by molar-refractivity contribution is 5.94. The molecule has 2 aliphatic heterocycles. The Morgan fingerprint density at radius 1 is 1.03 bits per heavy atom. The van der Waals surface area contributed by atoms with Gasteiger partial charge in [-0.15, -0.1) is 24.8 Å². The number of hydrogen-bond acceptors (Lipinski definition) is 5. The molecule has 1 aromatic heterocycles. The lowest BCUT2D eigenvalue weighted by molar-refractivity contribution is 0.0928. The van der Waals surface area contributed by atoms with Crippen LogP contribution in [0.3, 0.4) is 0 Å². The molecular weight excluding hydrogens is 435 g/mol. The number of pyridine rings is 1. The number of halogens is 2. The first-order valence-corrected chi connectivity index (χ1v) is 10.7. The minimum Gasteiger partial charge on any atom is -0.490 e. The van der Waals surface area contributed by atoms with E-state index in [9.17, 15) is 4.79 Å². The predicted octanol–water partition coefficient (Wildman–Crippen LogP) is 3.45. The molecule has 2 saturated heterocycles. The molecule has 0 unspecified atom stereocenters. The number of amides is 1. The van der Waals surface area contributed by atoms with Crippen molar-refractivity contribution in [1.82, 2.24) is 20.5 Å². The molecule has 2 aromatic rings. The summed E-state index contributed by atoms with van der Waals surface area (Å²) in [5.74, 6) is 0.845. The Kier molecular flexibility index (Phi) is 10.5. The highest BCUT2D eigenvalue weighted by atomic mass is 35.5. The SMILES string of the molecule is Cl.Cl.O=C(NC1CCNCC1)c1ccc(OC2CCN(Cc3ccccn3)CC2)cc1. The number of hydrogen-bond donors (Lipinski definition) is 2. The van der Waals surface area contributed by atoms with Gasteiger partial charge in [0.05, 0.1) is 5.69 Å². The lowest BCUT2D eigenvalue weighted by Crippen LogP contribution is -2.42. The van der Waals surface area contributed by atoms with E-state index in [4.69, 9.17) is 4.74 Å². The van der Waals surface area contributed by atoms with Crippen LogP contribution in [0.1, 0.15) is 41.7 Å². The van der Waals surface area contributed by atoms with Crippen molar-refractivity contribution in [2.75, 3.05) is 26.2 Å². The van der Waals surface area contributed by atoms with E-state index in [-0.39, 0.29) is 42.9 Å². The van der Waals surface area contributed by atoms with E-state index in [2.05, 4.69) is 26.6 Å². The third-order valence-corrected chi connectivity index (χ3v) is 5.74. The van der Waals surface area contributed by atoms with Gasteiger partial charge in [0, 0.05) is 37.4 Å². The first-order chi connectivity index (χ1) is 14.3. The number of nitrogens with one attached hydrogen (secondary N) is 2. The number of rotatable bonds is 6. The minimum absolute atomic E-state index is 0. The Bertz CT molecular complexity index is 778. The van der Waals surface area contributed by atoms with Crippen LogP contribution in [0.25, 0.3) is 0 Å². The summed E-state index contributed by atoms with van der Waals surface area (Å²) < 4.78 is 6.16. The van der Waals surface area contributed by atoms with E-state index < -0.39 is 0 Å². The van der Waals surface area contributed by atoms with Gasteiger partial charge in [0.1, 0.15) is 11.9 Å². The topological polar surface area (TPSA) is 66.5 Å². The fourth-order valence-corrected chi connectivity index (χ4v) is 4.02. The maximum Gasteiger partial charge on any atom is 0.251 e. The van der Waals surface area contributed by atoms with E-state index in [0.717, 1.165) is 69.9 Å². The van der Waals surface area contributed by atoms with E-state index in [0.29, 0.717) is 5.56 Å². The van der Waals surface area contributed by atoms with Gasteiger partial charge in [0.2, 0.25) is 0 Å². The van der Waals surface area contributed by atoms with E-state index in [1.165, 1.54) is 0 Å². The molecule has 4 rings (SSSR count). The molecular formula is C23H32Cl2N4O2. The lowest BCUT2D eigenvalue weighted by Gasteiger charge is -2.31. The van der Waals surface area contributed by atoms with Crippen LogP contribution in [-0.2, 0) is 6.54 Å². The molecule has 0 aliphatic carbocycles. The summed E-state index contributed by atoms with van der Waals surface area (Å²) in [5, 5.41) is 6.45. The largest absolute Gasteiger partial charge is 0.490 e. The smallest absolute Gasteiger partial charge is 0.251 e. The molecule has 0 radical (unpaired) electrons. The number of likely N-dealkylation sites (tertiary alicyclic amines) is 1. The fraction of sp³-hybridized carbons (Fsp3) is 0.478. The van der Waals surface area contributed by atoms with E-state index in [1.807, 2.05) is 42.6 Å². The average Bonchev–Trinajstić information content (AvgIpc) is 2.77. The summed E-state index contributed by atoms with van der Waals surface area (Å²) in [7, 11) is 0. The summed E-state index contributed by atoms with van der Waals surface area (Å²) in [6.07, 6.45) is 6.07. The maximum atomic E-state index is 12.4. The van der Waals surface area contributed by atoms with Crippen molar-refractivity contribution < 1.29 is 9.53 Å². The van der Waals surface area contributed by atoms with Gasteiger partial charge in [-0.25, -0.2) is 0 Å². The van der Waals surface area contributed by atoms with Crippen LogP contribution >= 0.6 is 24.8 Å². The zero-order chi connectivity index (χ0) is 19.9. The molecule has 2 aliphatic rings. The van der Waals surface area contributed by atoms with Crippen molar-refractivity contribution in [2.24, 2.45) is 0 Å². The molecule has 6 nitrogen and oxygen atoms in total. The van der Waals surface area contributed by atoms with Gasteiger partial charge in [-0.3, -0.25) is 14.7 Å². The maximum absolute atomic E-state index is 12.4. The Morgan fingerprint density at radius 2 is 1.74 bits per heavy atom. The molecule has 170 valence electrons. The standard InChI is InChI=1S/C23H30N4O2.2ClH/c28-23(26-19-8-13-24-14-9-19)18-4-6-21(7-5-18)29-22-10-15-27(16-11-22)17-20-3-1-2-12-25-20;;/h1-7,12,19,22,24H,8-11,13-17H2,(H,26,28);2*1H. The van der Waals surface area contributed by atoms with Gasteiger partial charge in [-0.2, -0.15) is 0 Å². The highest BCUT2D eigenvalue weighted by Gasteiger charge is 2.21. The van der Waals surface area contributed by atoms with Crippen LogP contribution in [0, 0.1) is 0 Å². The van der Waals surface area contributed by atoms with Crippen molar-refractivity contribution in [3.8, 4) is 5.75 Å². The van der Waals surface area contributed by atoms with E-state index in [1.54, 1.807) is 0 Å². The molecule has 0 bridgehead atoms. The first kappa shape index (κ1) is 25.4. The van der Waals surface area contributed by atoms with Crippen LogP contribution in [0.5, 0.6) is 5.75 Å². The molecule has 0 saturated carbocycles. The quantitative estimate of drug-likeness (QED) is 0.682. The van der Waals surface area contributed by atoms with Gasteiger partial charge >= 0.3 is 0 Å². The third kappa shape index (κ3) is 7.65. The third-order valence-electron chi connectivity index (χ3n) is 5.74. The van der Waals surface area contributed by atoms with Crippen molar-refractivity contribution in [3.63, 3.8) is 0 Å². The number of nitrogens with zero attached hydrogens (tertiary/aromatic N) is 2. The summed E-state index contributed by atoms with van der Waals surface area (Å²) in [4.78, 5) is 19.3.